The Morgan fingerprint density at radius 1 is 0.983 bits per heavy atom. The van der Waals surface area contributed by atoms with Crippen LogP contribution in [0.2, 0.25) is 0 Å². The second-order valence-corrected chi connectivity index (χ2v) is 17.7. The van der Waals surface area contributed by atoms with Crippen LogP contribution in [0.15, 0.2) is 55.1 Å². The summed E-state index contributed by atoms with van der Waals surface area (Å²) < 4.78 is 40.5. The number of benzene rings is 2. The molecule has 3 fully saturated rings. The van der Waals surface area contributed by atoms with Gasteiger partial charge in [0.25, 0.3) is 11.8 Å². The number of carbonyl (C=O) groups is 4. The number of piperidine rings is 1. The second-order valence-electron chi connectivity index (χ2n) is 16.7. The molecule has 5 heterocycles. The number of anilines is 2. The van der Waals surface area contributed by atoms with Crippen LogP contribution >= 0.6 is 11.3 Å². The molecule has 1 atom stereocenters. The van der Waals surface area contributed by atoms with Crippen LogP contribution < -0.4 is 16.0 Å². The average molecular weight is 830 g/mol. The van der Waals surface area contributed by atoms with Crippen LogP contribution in [0.25, 0.3) is 15.9 Å². The molecule has 1 unspecified atom stereocenters. The number of nitrogens with one attached hydrogen (secondary N) is 3. The van der Waals surface area contributed by atoms with E-state index in [1.54, 1.807) is 26.0 Å². The molecule has 1 saturated carbocycles. The first-order chi connectivity index (χ1) is 28.0. The topological polar surface area (TPSA) is 157 Å². The third-order valence-corrected chi connectivity index (χ3v) is 13.1. The number of carbonyl (C=O) groups excluding carboxylic acids is 4. The Morgan fingerprint density at radius 3 is 2.44 bits per heavy atom. The Bertz CT molecular complexity index is 2340. The molecule has 3 aliphatic heterocycles. The predicted molar refractivity (Wildman–Crippen MR) is 218 cm³/mol. The van der Waals surface area contributed by atoms with Gasteiger partial charge in [0.1, 0.15) is 17.4 Å². The fraction of sp³-hybridized carbons (Fsp3) is 0.442. The summed E-state index contributed by atoms with van der Waals surface area (Å²) in [5.41, 5.74) is 0.895. The van der Waals surface area contributed by atoms with Crippen molar-refractivity contribution in [2.75, 3.05) is 36.8 Å². The normalized spacial score (nSPS) is 21.7. The molecule has 2 aromatic carbocycles. The molecule has 4 amide bonds. The minimum Gasteiger partial charge on any atom is -0.386 e. The van der Waals surface area contributed by atoms with Crippen LogP contribution in [0.1, 0.15) is 107 Å². The maximum Gasteiger partial charge on any atom is 0.433 e. The Balaban J connectivity index is 0.817. The molecule has 4 aliphatic rings. The maximum atomic E-state index is 13.6. The SMILES string of the molecule is C=C1c2cccc(NCCC3CN(C[C@H]4CC[C@H](c5nc6cc(C(C)(C)O)c(NC(=O)c7cccc(C(F)(F)F)n7)cc6s5)CC4)C3)c2C(=O)N1C1CCC(=O)NC1=O. The fourth-order valence-corrected chi connectivity index (χ4v) is 10.0. The van der Waals surface area contributed by atoms with Crippen molar-refractivity contribution >= 4 is 62.3 Å². The number of thiazole rings is 1. The quantitative estimate of drug-likeness (QED) is 0.116. The predicted octanol–water partition coefficient (Wildman–Crippen LogP) is 7.13. The number of hydrogen-bond acceptors (Lipinski definition) is 10. The molecule has 0 bridgehead atoms. The highest BCUT2D eigenvalue weighted by Gasteiger charge is 2.43. The van der Waals surface area contributed by atoms with Crippen LogP contribution in [-0.2, 0) is 21.4 Å². The molecule has 4 aromatic rings. The highest BCUT2D eigenvalue weighted by Crippen LogP contribution is 2.43. The van der Waals surface area contributed by atoms with Gasteiger partial charge in [-0.05, 0) is 94.5 Å². The first-order valence-electron chi connectivity index (χ1n) is 20.0. The second kappa shape index (κ2) is 15.8. The van der Waals surface area contributed by atoms with Crippen LogP contribution in [0.5, 0.6) is 0 Å². The number of fused-ring (bicyclic) bond motifs is 2. The zero-order chi connectivity index (χ0) is 41.8. The van der Waals surface area contributed by atoms with Crippen molar-refractivity contribution in [2.24, 2.45) is 11.8 Å². The van der Waals surface area contributed by atoms with E-state index >= 15 is 0 Å². The lowest BCUT2D eigenvalue weighted by Gasteiger charge is -2.42. The van der Waals surface area contributed by atoms with E-state index in [4.69, 9.17) is 4.98 Å². The third-order valence-electron chi connectivity index (χ3n) is 12.0. The summed E-state index contributed by atoms with van der Waals surface area (Å²) in [6.07, 6.45) is 0.880. The maximum absolute atomic E-state index is 13.6. The molecule has 8 rings (SSSR count). The van der Waals surface area contributed by atoms with Crippen molar-refractivity contribution in [1.29, 1.82) is 0 Å². The lowest BCUT2D eigenvalue weighted by molar-refractivity contribution is -0.141. The van der Waals surface area contributed by atoms with Crippen molar-refractivity contribution in [3.63, 3.8) is 0 Å². The van der Waals surface area contributed by atoms with Crippen molar-refractivity contribution in [2.45, 2.75) is 82.5 Å². The lowest BCUT2D eigenvalue weighted by atomic mass is 9.81. The number of nitrogens with zero attached hydrogens (tertiary/aromatic N) is 4. The number of aliphatic hydroxyl groups is 1. The van der Waals surface area contributed by atoms with Gasteiger partial charge in [0, 0.05) is 66.7 Å². The largest absolute Gasteiger partial charge is 0.433 e. The Morgan fingerprint density at radius 2 is 1.73 bits per heavy atom. The third kappa shape index (κ3) is 8.35. The zero-order valence-electron chi connectivity index (χ0n) is 32.8. The average Bonchev–Trinajstić information content (AvgIpc) is 3.70. The summed E-state index contributed by atoms with van der Waals surface area (Å²) in [6, 6.07) is 11.5. The van der Waals surface area contributed by atoms with E-state index in [0.29, 0.717) is 52.0 Å². The fourth-order valence-electron chi connectivity index (χ4n) is 8.86. The molecule has 310 valence electrons. The van der Waals surface area contributed by atoms with Gasteiger partial charge in [-0.2, -0.15) is 13.2 Å². The zero-order valence-corrected chi connectivity index (χ0v) is 33.6. The van der Waals surface area contributed by atoms with Gasteiger partial charge in [-0.1, -0.05) is 24.8 Å². The van der Waals surface area contributed by atoms with Crippen molar-refractivity contribution in [3.05, 3.63) is 88.2 Å². The Labute approximate surface area is 343 Å². The molecular formula is C43H46F3N7O5S. The molecule has 0 radical (unpaired) electrons. The number of alkyl halides is 3. The van der Waals surface area contributed by atoms with Gasteiger partial charge in [0.15, 0.2) is 0 Å². The van der Waals surface area contributed by atoms with Crippen LogP contribution in [-0.4, -0.2) is 80.7 Å². The first kappa shape index (κ1) is 40.6. The number of aromatic nitrogens is 2. The van der Waals surface area contributed by atoms with Gasteiger partial charge >= 0.3 is 6.18 Å². The lowest BCUT2D eigenvalue weighted by Crippen LogP contribution is -2.52. The summed E-state index contributed by atoms with van der Waals surface area (Å²) >= 11 is 1.54. The summed E-state index contributed by atoms with van der Waals surface area (Å²) in [4.78, 5) is 63.3. The standard InChI is InChI=1S/C43H46F3N7O5S/c1-23-27-6-4-7-29(37(27)41(57)53(23)33-14-15-36(54)51-39(33)56)47-17-16-25-21-52(22-25)20-24-10-12-26(13-11-24)40-50-32-18-28(42(2,3)58)31(19-34(32)59-40)49-38(55)30-8-5-9-35(48-30)43(44,45)46/h4-9,18-19,24-26,33,47,58H,1,10-17,20-22H2,2-3H3,(H,49,55)(H,51,54,56)/t24-,26-,33?. The highest BCUT2D eigenvalue weighted by molar-refractivity contribution is 7.18. The number of pyridine rings is 1. The number of likely N-dealkylation sites (tertiary alicyclic amines) is 1. The number of hydrogen-bond donors (Lipinski definition) is 4. The summed E-state index contributed by atoms with van der Waals surface area (Å²) in [5, 5.41) is 20.5. The highest BCUT2D eigenvalue weighted by atomic mass is 32.1. The molecule has 1 aliphatic carbocycles. The van der Waals surface area contributed by atoms with Gasteiger partial charge in [0.2, 0.25) is 11.8 Å². The van der Waals surface area contributed by atoms with E-state index in [-0.39, 0.29) is 36.3 Å². The smallest absolute Gasteiger partial charge is 0.386 e. The Kier molecular flexibility index (Phi) is 10.8. The van der Waals surface area contributed by atoms with Gasteiger partial charge in [-0.25, -0.2) is 9.97 Å². The van der Waals surface area contributed by atoms with Crippen LogP contribution in [0.3, 0.4) is 0 Å². The van der Waals surface area contributed by atoms with E-state index in [1.165, 1.54) is 22.3 Å². The summed E-state index contributed by atoms with van der Waals surface area (Å²) in [6.45, 7) is 11.1. The Hall–Kier alpha value is -5.19. The number of rotatable bonds is 11. The molecule has 2 saturated heterocycles. The number of imide groups is 1. The molecule has 2 aromatic heterocycles. The van der Waals surface area contributed by atoms with Gasteiger partial charge < -0.3 is 20.6 Å². The van der Waals surface area contributed by atoms with E-state index < -0.39 is 35.3 Å². The molecule has 16 heteroatoms. The first-order valence-corrected chi connectivity index (χ1v) is 20.8. The summed E-state index contributed by atoms with van der Waals surface area (Å²) in [7, 11) is 0. The number of amides is 4. The molecule has 12 nitrogen and oxygen atoms in total. The number of halogens is 3. The monoisotopic (exact) mass is 829 g/mol. The molecule has 59 heavy (non-hydrogen) atoms. The molecule has 4 N–H and O–H groups in total. The van der Waals surface area contributed by atoms with Crippen LogP contribution in [0, 0.1) is 11.8 Å². The summed E-state index contributed by atoms with van der Waals surface area (Å²) in [5.74, 6) is -0.463. The van der Waals surface area contributed by atoms with E-state index in [2.05, 4.69) is 32.4 Å². The van der Waals surface area contributed by atoms with Crippen molar-refractivity contribution in [1.82, 2.24) is 25.1 Å². The van der Waals surface area contributed by atoms with Gasteiger partial charge in [-0.15, -0.1) is 11.3 Å². The van der Waals surface area contributed by atoms with Crippen molar-refractivity contribution in [3.8, 4) is 0 Å². The minimum atomic E-state index is -4.69. The van der Waals surface area contributed by atoms with E-state index in [1.807, 2.05) is 18.2 Å². The van der Waals surface area contributed by atoms with Gasteiger partial charge in [0.05, 0.1) is 26.4 Å². The van der Waals surface area contributed by atoms with E-state index in [9.17, 15) is 37.5 Å². The molecule has 0 spiro atoms. The van der Waals surface area contributed by atoms with Crippen LogP contribution in [0.4, 0.5) is 24.5 Å². The van der Waals surface area contributed by atoms with Gasteiger partial charge in [-0.3, -0.25) is 29.4 Å². The minimum absolute atomic E-state index is 0.178. The van der Waals surface area contributed by atoms with Crippen molar-refractivity contribution < 1.29 is 37.5 Å². The molecular weight excluding hydrogens is 784 g/mol. The van der Waals surface area contributed by atoms with E-state index in [0.717, 1.165) is 79.3 Å².